The first-order valence-electron chi connectivity index (χ1n) is 9.25. The highest BCUT2D eigenvalue weighted by molar-refractivity contribution is 7.99. The SMILES string of the molecule is COc1ccc(SCCC(=O)N(CCN(C)C)c2nc3c(Cl)cccc3s2)cc1. The Labute approximate surface area is 184 Å². The molecule has 0 atom stereocenters. The monoisotopic (exact) mass is 449 g/mol. The molecule has 0 saturated heterocycles. The van der Waals surface area contributed by atoms with Gasteiger partial charge in [-0.1, -0.05) is 29.0 Å². The molecular formula is C21H24ClN3O2S2. The quantitative estimate of drug-likeness (QED) is 0.428. The average Bonchev–Trinajstić information content (AvgIpc) is 3.14. The number of aromatic nitrogens is 1. The van der Waals surface area contributed by atoms with Crippen molar-refractivity contribution in [3.63, 3.8) is 0 Å². The van der Waals surface area contributed by atoms with E-state index in [-0.39, 0.29) is 5.91 Å². The van der Waals surface area contributed by atoms with Gasteiger partial charge in [0.15, 0.2) is 5.13 Å². The molecule has 1 amide bonds. The number of rotatable bonds is 9. The Balaban J connectivity index is 1.69. The molecule has 5 nitrogen and oxygen atoms in total. The van der Waals surface area contributed by atoms with Gasteiger partial charge in [-0.3, -0.25) is 9.69 Å². The van der Waals surface area contributed by atoms with E-state index in [0.29, 0.717) is 28.9 Å². The second-order valence-corrected chi connectivity index (χ2v) is 9.29. The number of thiazole rings is 1. The molecule has 0 unspecified atom stereocenters. The van der Waals surface area contributed by atoms with Gasteiger partial charge in [0.2, 0.25) is 5.91 Å². The third-order valence-electron chi connectivity index (χ3n) is 4.31. The van der Waals surface area contributed by atoms with Crippen molar-refractivity contribution in [2.45, 2.75) is 11.3 Å². The van der Waals surface area contributed by atoms with E-state index in [1.54, 1.807) is 23.8 Å². The Morgan fingerprint density at radius 3 is 2.59 bits per heavy atom. The minimum atomic E-state index is 0.0723. The van der Waals surface area contributed by atoms with Crippen LogP contribution in [0.15, 0.2) is 47.4 Å². The van der Waals surface area contributed by atoms with Crippen LogP contribution in [-0.4, -0.2) is 55.8 Å². The summed E-state index contributed by atoms with van der Waals surface area (Å²) in [6.45, 7) is 1.36. The molecular weight excluding hydrogens is 426 g/mol. The zero-order chi connectivity index (χ0) is 20.8. The fraction of sp³-hybridized carbons (Fsp3) is 0.333. The Morgan fingerprint density at radius 1 is 1.17 bits per heavy atom. The zero-order valence-corrected chi connectivity index (χ0v) is 19.1. The van der Waals surface area contributed by atoms with E-state index >= 15 is 0 Å². The number of halogens is 1. The van der Waals surface area contributed by atoms with E-state index in [9.17, 15) is 4.79 Å². The summed E-state index contributed by atoms with van der Waals surface area (Å²) in [5, 5.41) is 1.31. The largest absolute Gasteiger partial charge is 0.497 e. The number of carbonyl (C=O) groups is 1. The van der Waals surface area contributed by atoms with E-state index in [1.165, 1.54) is 11.3 Å². The first kappa shape index (κ1) is 21.9. The number of nitrogens with zero attached hydrogens (tertiary/aromatic N) is 3. The fourth-order valence-corrected chi connectivity index (χ4v) is 4.86. The molecule has 0 aliphatic carbocycles. The molecule has 8 heteroatoms. The lowest BCUT2D eigenvalue weighted by Crippen LogP contribution is -2.36. The number of anilines is 1. The van der Waals surface area contributed by atoms with Gasteiger partial charge < -0.3 is 9.64 Å². The van der Waals surface area contributed by atoms with Crippen molar-refractivity contribution in [3.05, 3.63) is 47.5 Å². The van der Waals surface area contributed by atoms with E-state index in [0.717, 1.165) is 27.4 Å². The summed E-state index contributed by atoms with van der Waals surface area (Å²) in [7, 11) is 5.65. The Kier molecular flexibility index (Phi) is 7.77. The molecule has 2 aromatic carbocycles. The van der Waals surface area contributed by atoms with Gasteiger partial charge in [-0.05, 0) is 50.5 Å². The maximum atomic E-state index is 13.0. The molecule has 0 aliphatic rings. The predicted octanol–water partition coefficient (Wildman–Crippen LogP) is 5.04. The lowest BCUT2D eigenvalue weighted by Gasteiger charge is -2.22. The number of likely N-dealkylation sites (N-methyl/N-ethyl adjacent to an activating group) is 1. The number of amides is 1. The van der Waals surface area contributed by atoms with Gasteiger partial charge in [-0.15, -0.1) is 11.8 Å². The van der Waals surface area contributed by atoms with Gasteiger partial charge in [0, 0.05) is 30.2 Å². The molecule has 1 aromatic heterocycles. The molecule has 0 N–H and O–H groups in total. The van der Waals surface area contributed by atoms with Crippen molar-refractivity contribution in [2.75, 3.05) is 44.9 Å². The van der Waals surface area contributed by atoms with Crippen LogP contribution in [0.25, 0.3) is 10.2 Å². The lowest BCUT2D eigenvalue weighted by molar-refractivity contribution is -0.118. The minimum Gasteiger partial charge on any atom is -0.497 e. The number of benzene rings is 2. The molecule has 29 heavy (non-hydrogen) atoms. The number of ether oxygens (including phenoxy) is 1. The molecule has 0 bridgehead atoms. The summed E-state index contributed by atoms with van der Waals surface area (Å²) in [4.78, 5) is 22.6. The number of thioether (sulfide) groups is 1. The second kappa shape index (κ2) is 10.3. The number of para-hydroxylation sites is 1. The highest BCUT2D eigenvalue weighted by Gasteiger charge is 2.20. The molecule has 0 fully saturated rings. The van der Waals surface area contributed by atoms with Crippen molar-refractivity contribution in [2.24, 2.45) is 0 Å². The van der Waals surface area contributed by atoms with E-state index in [4.69, 9.17) is 16.3 Å². The van der Waals surface area contributed by atoms with Gasteiger partial charge in [0.25, 0.3) is 0 Å². The van der Waals surface area contributed by atoms with Gasteiger partial charge in [-0.25, -0.2) is 4.98 Å². The summed E-state index contributed by atoms with van der Waals surface area (Å²) in [5.74, 6) is 1.60. The third-order valence-corrected chi connectivity index (χ3v) is 6.67. The molecule has 1 heterocycles. The van der Waals surface area contributed by atoms with E-state index in [2.05, 4.69) is 9.88 Å². The van der Waals surface area contributed by atoms with Crippen LogP contribution >= 0.6 is 34.7 Å². The second-order valence-electron chi connectivity index (χ2n) is 6.71. The average molecular weight is 450 g/mol. The van der Waals surface area contributed by atoms with Gasteiger partial charge in [-0.2, -0.15) is 0 Å². The standard InChI is InChI=1S/C21H24ClN3O2S2/c1-24(2)12-13-25(21-23-20-17(22)5-4-6-18(20)29-21)19(26)11-14-28-16-9-7-15(27-3)8-10-16/h4-10H,11-14H2,1-3H3. The molecule has 3 aromatic rings. The van der Waals surface area contributed by atoms with Crippen molar-refractivity contribution in [1.29, 1.82) is 0 Å². The Morgan fingerprint density at radius 2 is 1.93 bits per heavy atom. The highest BCUT2D eigenvalue weighted by atomic mass is 35.5. The summed E-state index contributed by atoms with van der Waals surface area (Å²) < 4.78 is 6.17. The van der Waals surface area contributed by atoms with Crippen LogP contribution in [0.1, 0.15) is 6.42 Å². The number of hydrogen-bond donors (Lipinski definition) is 0. The first-order valence-corrected chi connectivity index (χ1v) is 11.4. The summed E-state index contributed by atoms with van der Waals surface area (Å²) in [5.41, 5.74) is 0.754. The number of carbonyl (C=O) groups excluding carboxylic acids is 1. The molecule has 154 valence electrons. The topological polar surface area (TPSA) is 45.7 Å². The molecule has 0 radical (unpaired) electrons. The van der Waals surface area contributed by atoms with Crippen LogP contribution in [0.4, 0.5) is 5.13 Å². The summed E-state index contributed by atoms with van der Waals surface area (Å²) in [6, 6.07) is 13.6. The minimum absolute atomic E-state index is 0.0723. The molecule has 0 aliphatic heterocycles. The number of methoxy groups -OCH3 is 1. The van der Waals surface area contributed by atoms with Crippen LogP contribution in [0, 0.1) is 0 Å². The van der Waals surface area contributed by atoms with Crippen molar-refractivity contribution >= 4 is 56.0 Å². The maximum absolute atomic E-state index is 13.0. The Bertz CT molecular complexity index is 960. The van der Waals surface area contributed by atoms with Crippen molar-refractivity contribution in [1.82, 2.24) is 9.88 Å². The van der Waals surface area contributed by atoms with Crippen LogP contribution in [0.2, 0.25) is 5.02 Å². The summed E-state index contributed by atoms with van der Waals surface area (Å²) >= 11 is 9.44. The normalized spacial score (nSPS) is 11.2. The van der Waals surface area contributed by atoms with Crippen LogP contribution < -0.4 is 9.64 Å². The van der Waals surface area contributed by atoms with Crippen molar-refractivity contribution in [3.8, 4) is 5.75 Å². The molecule has 0 saturated carbocycles. The highest BCUT2D eigenvalue weighted by Crippen LogP contribution is 2.33. The maximum Gasteiger partial charge on any atom is 0.229 e. The van der Waals surface area contributed by atoms with Crippen molar-refractivity contribution < 1.29 is 9.53 Å². The van der Waals surface area contributed by atoms with Crippen LogP contribution in [0.3, 0.4) is 0 Å². The smallest absolute Gasteiger partial charge is 0.229 e. The van der Waals surface area contributed by atoms with Crippen LogP contribution in [0.5, 0.6) is 5.75 Å². The zero-order valence-electron chi connectivity index (χ0n) is 16.7. The van der Waals surface area contributed by atoms with Gasteiger partial charge >= 0.3 is 0 Å². The first-order chi connectivity index (χ1) is 14.0. The van der Waals surface area contributed by atoms with Gasteiger partial charge in [0.05, 0.1) is 16.8 Å². The third kappa shape index (κ3) is 5.85. The Hall–Kier alpha value is -1.80. The fourth-order valence-electron chi connectivity index (χ4n) is 2.71. The lowest BCUT2D eigenvalue weighted by atomic mass is 10.3. The predicted molar refractivity (Wildman–Crippen MR) is 124 cm³/mol. The van der Waals surface area contributed by atoms with E-state index in [1.807, 2.05) is 56.6 Å². The molecule has 3 rings (SSSR count). The van der Waals surface area contributed by atoms with Gasteiger partial charge in [0.1, 0.15) is 11.3 Å². The van der Waals surface area contributed by atoms with E-state index < -0.39 is 0 Å². The number of hydrogen-bond acceptors (Lipinski definition) is 6. The molecule has 0 spiro atoms. The summed E-state index contributed by atoms with van der Waals surface area (Å²) in [6.07, 6.45) is 0.438. The van der Waals surface area contributed by atoms with Crippen LogP contribution in [-0.2, 0) is 4.79 Å². The number of fused-ring (bicyclic) bond motifs is 1.